The number of rotatable bonds is 4. The van der Waals surface area contributed by atoms with Crippen LogP contribution in [0, 0.1) is 6.92 Å². The molecule has 100 valence electrons. The van der Waals surface area contributed by atoms with Crippen LogP contribution in [0.25, 0.3) is 0 Å². The summed E-state index contributed by atoms with van der Waals surface area (Å²) in [7, 11) is 1.63. The van der Waals surface area contributed by atoms with Crippen molar-refractivity contribution in [2.24, 2.45) is 0 Å². The van der Waals surface area contributed by atoms with Crippen molar-refractivity contribution in [2.75, 3.05) is 7.11 Å². The average Bonchev–Trinajstić information content (AvgIpc) is 2.39. The minimum atomic E-state index is -0.565. The molecule has 0 fully saturated rings. The lowest BCUT2D eigenvalue weighted by Gasteiger charge is -2.14. The van der Waals surface area contributed by atoms with E-state index in [1.165, 1.54) is 0 Å². The second-order valence-electron chi connectivity index (χ2n) is 4.41. The molecule has 1 aromatic carbocycles. The van der Waals surface area contributed by atoms with E-state index in [2.05, 4.69) is 20.9 Å². The minimum Gasteiger partial charge on any atom is -0.496 e. The van der Waals surface area contributed by atoms with E-state index < -0.39 is 6.10 Å². The summed E-state index contributed by atoms with van der Waals surface area (Å²) in [5.74, 6) is 0.785. The molecule has 1 heterocycles. The molecular weight excluding hydrogens is 306 g/mol. The first-order valence-corrected chi connectivity index (χ1v) is 6.82. The molecule has 1 aromatic heterocycles. The summed E-state index contributed by atoms with van der Waals surface area (Å²) in [5, 5.41) is 10.3. The van der Waals surface area contributed by atoms with Crippen LogP contribution in [0.5, 0.6) is 5.75 Å². The first-order valence-electron chi connectivity index (χ1n) is 6.03. The lowest BCUT2D eigenvalue weighted by Crippen LogP contribution is -2.04. The van der Waals surface area contributed by atoms with Gasteiger partial charge >= 0.3 is 0 Å². The Morgan fingerprint density at radius 3 is 2.79 bits per heavy atom. The lowest BCUT2D eigenvalue weighted by atomic mass is 10.0. The topological polar surface area (TPSA) is 42.4 Å². The van der Waals surface area contributed by atoms with Crippen LogP contribution in [-0.4, -0.2) is 17.2 Å². The Bertz CT molecular complexity index is 572. The molecule has 19 heavy (non-hydrogen) atoms. The third-order valence-corrected chi connectivity index (χ3v) is 3.45. The highest BCUT2D eigenvalue weighted by molar-refractivity contribution is 9.10. The van der Waals surface area contributed by atoms with Gasteiger partial charge in [-0.2, -0.15) is 0 Å². The summed E-state index contributed by atoms with van der Waals surface area (Å²) in [4.78, 5) is 4.13. The lowest BCUT2D eigenvalue weighted by molar-refractivity contribution is 0.177. The molecule has 0 aliphatic rings. The van der Waals surface area contributed by atoms with Crippen molar-refractivity contribution in [1.82, 2.24) is 4.98 Å². The molecule has 0 bridgehead atoms. The van der Waals surface area contributed by atoms with Gasteiger partial charge in [-0.3, -0.25) is 4.98 Å². The smallest absolute Gasteiger partial charge is 0.122 e. The van der Waals surface area contributed by atoms with Crippen LogP contribution in [0.15, 0.2) is 41.0 Å². The maximum atomic E-state index is 10.3. The molecule has 4 heteroatoms. The molecule has 1 atom stereocenters. The second kappa shape index (κ2) is 6.17. The summed E-state index contributed by atoms with van der Waals surface area (Å²) in [6.07, 6.45) is 1.66. The predicted molar refractivity (Wildman–Crippen MR) is 78.3 cm³/mol. The predicted octanol–water partition coefficient (Wildman–Crippen LogP) is 3.44. The van der Waals surface area contributed by atoms with Crippen molar-refractivity contribution in [2.45, 2.75) is 19.4 Å². The van der Waals surface area contributed by atoms with Gasteiger partial charge < -0.3 is 9.84 Å². The minimum absolute atomic E-state index is 0.506. The highest BCUT2D eigenvalue weighted by atomic mass is 79.9. The van der Waals surface area contributed by atoms with Crippen LogP contribution in [0.2, 0.25) is 0 Å². The van der Waals surface area contributed by atoms with Crippen molar-refractivity contribution in [3.8, 4) is 5.75 Å². The number of ether oxygens (including phenoxy) is 1. The van der Waals surface area contributed by atoms with Crippen LogP contribution < -0.4 is 4.74 Å². The molecule has 2 rings (SSSR count). The normalized spacial score (nSPS) is 12.2. The molecule has 0 saturated heterocycles. The second-order valence-corrected chi connectivity index (χ2v) is 5.32. The maximum Gasteiger partial charge on any atom is 0.122 e. The molecule has 0 amide bonds. The van der Waals surface area contributed by atoms with Gasteiger partial charge in [0, 0.05) is 22.8 Å². The first-order chi connectivity index (χ1) is 9.10. The maximum absolute atomic E-state index is 10.3. The number of halogens is 1. The van der Waals surface area contributed by atoms with E-state index in [4.69, 9.17) is 4.74 Å². The Kier molecular flexibility index (Phi) is 4.56. The van der Waals surface area contributed by atoms with Crippen LogP contribution in [0.3, 0.4) is 0 Å². The molecule has 0 aliphatic carbocycles. The standard InChI is InChI=1S/C15H16BrNO2/c1-10-7-11(5-6-17-10)14(18)9-12-8-13(16)3-4-15(12)19-2/h3-8,14,18H,9H2,1-2H3. The highest BCUT2D eigenvalue weighted by Gasteiger charge is 2.12. The van der Waals surface area contributed by atoms with Gasteiger partial charge in [0.2, 0.25) is 0 Å². The van der Waals surface area contributed by atoms with Crippen LogP contribution in [-0.2, 0) is 6.42 Å². The van der Waals surface area contributed by atoms with Crippen LogP contribution in [0.1, 0.15) is 22.9 Å². The van der Waals surface area contributed by atoms with E-state index in [1.54, 1.807) is 13.3 Å². The number of methoxy groups -OCH3 is 1. The van der Waals surface area contributed by atoms with E-state index in [1.807, 2.05) is 37.3 Å². The Hall–Kier alpha value is -1.39. The summed E-state index contributed by atoms with van der Waals surface area (Å²) in [6, 6.07) is 9.52. The van der Waals surface area contributed by atoms with Gasteiger partial charge in [-0.25, -0.2) is 0 Å². The van der Waals surface area contributed by atoms with Crippen molar-refractivity contribution < 1.29 is 9.84 Å². The molecule has 2 aromatic rings. The van der Waals surface area contributed by atoms with Crippen molar-refractivity contribution >= 4 is 15.9 Å². The van der Waals surface area contributed by atoms with Crippen LogP contribution >= 0.6 is 15.9 Å². The van der Waals surface area contributed by atoms with Gasteiger partial charge in [0.05, 0.1) is 13.2 Å². The molecule has 0 saturated carbocycles. The van der Waals surface area contributed by atoms with Gasteiger partial charge in [0.1, 0.15) is 5.75 Å². The zero-order valence-corrected chi connectivity index (χ0v) is 12.5. The van der Waals surface area contributed by atoms with E-state index >= 15 is 0 Å². The number of nitrogens with zero attached hydrogens (tertiary/aromatic N) is 1. The van der Waals surface area contributed by atoms with Crippen molar-refractivity contribution in [1.29, 1.82) is 0 Å². The number of aliphatic hydroxyl groups is 1. The monoisotopic (exact) mass is 321 g/mol. The Morgan fingerprint density at radius 2 is 2.11 bits per heavy atom. The molecule has 0 radical (unpaired) electrons. The molecule has 1 unspecified atom stereocenters. The number of hydrogen-bond donors (Lipinski definition) is 1. The van der Waals surface area contributed by atoms with E-state index in [0.29, 0.717) is 6.42 Å². The Balaban J connectivity index is 2.23. The molecular formula is C15H16BrNO2. The zero-order chi connectivity index (χ0) is 13.8. The SMILES string of the molecule is COc1ccc(Br)cc1CC(O)c1ccnc(C)c1. The highest BCUT2D eigenvalue weighted by Crippen LogP contribution is 2.27. The largest absolute Gasteiger partial charge is 0.496 e. The molecule has 1 N–H and O–H groups in total. The van der Waals surface area contributed by atoms with Crippen molar-refractivity contribution in [3.05, 3.63) is 57.8 Å². The Labute approximate surface area is 121 Å². The van der Waals surface area contributed by atoms with E-state index in [9.17, 15) is 5.11 Å². The summed E-state index contributed by atoms with van der Waals surface area (Å²) in [5.41, 5.74) is 2.74. The summed E-state index contributed by atoms with van der Waals surface area (Å²) >= 11 is 3.44. The number of aryl methyl sites for hydroxylation is 1. The zero-order valence-electron chi connectivity index (χ0n) is 10.9. The van der Waals surface area contributed by atoms with Gasteiger partial charge in [-0.15, -0.1) is 0 Å². The number of aliphatic hydroxyl groups excluding tert-OH is 1. The Morgan fingerprint density at radius 1 is 1.32 bits per heavy atom. The third-order valence-electron chi connectivity index (χ3n) is 2.96. The van der Waals surface area contributed by atoms with E-state index in [-0.39, 0.29) is 0 Å². The third kappa shape index (κ3) is 3.55. The van der Waals surface area contributed by atoms with Gasteiger partial charge in [-0.05, 0) is 48.4 Å². The fraction of sp³-hybridized carbons (Fsp3) is 0.267. The number of aromatic nitrogens is 1. The average molecular weight is 322 g/mol. The number of hydrogen-bond acceptors (Lipinski definition) is 3. The summed E-state index contributed by atoms with van der Waals surface area (Å²) in [6.45, 7) is 1.91. The quantitative estimate of drug-likeness (QED) is 0.938. The van der Waals surface area contributed by atoms with Gasteiger partial charge in [0.25, 0.3) is 0 Å². The van der Waals surface area contributed by atoms with Crippen LogP contribution in [0.4, 0.5) is 0 Å². The number of pyridine rings is 1. The molecule has 0 spiro atoms. The fourth-order valence-electron chi connectivity index (χ4n) is 2.01. The first kappa shape index (κ1) is 14.0. The van der Waals surface area contributed by atoms with Gasteiger partial charge in [-0.1, -0.05) is 15.9 Å². The van der Waals surface area contributed by atoms with Gasteiger partial charge in [0.15, 0.2) is 0 Å². The fourth-order valence-corrected chi connectivity index (χ4v) is 2.42. The summed E-state index contributed by atoms with van der Waals surface area (Å²) < 4.78 is 6.29. The number of benzene rings is 1. The van der Waals surface area contributed by atoms with Crippen molar-refractivity contribution in [3.63, 3.8) is 0 Å². The molecule has 3 nitrogen and oxygen atoms in total. The molecule has 0 aliphatic heterocycles. The van der Waals surface area contributed by atoms with E-state index in [0.717, 1.165) is 27.0 Å².